The Labute approximate surface area is 283 Å². The van der Waals surface area contributed by atoms with Crippen LogP contribution in [0.5, 0.6) is 0 Å². The van der Waals surface area contributed by atoms with Crippen LogP contribution >= 0.6 is 0 Å². The lowest BCUT2D eigenvalue weighted by atomic mass is 9.45. The van der Waals surface area contributed by atoms with Crippen molar-refractivity contribution in [2.75, 3.05) is 26.4 Å². The van der Waals surface area contributed by atoms with E-state index in [1.807, 2.05) is 13.0 Å². The lowest BCUT2D eigenvalue weighted by Gasteiger charge is -2.60. The van der Waals surface area contributed by atoms with Gasteiger partial charge in [-0.05, 0) is 55.6 Å². The van der Waals surface area contributed by atoms with E-state index in [1.54, 1.807) is 19.1 Å². The first-order chi connectivity index (χ1) is 23.0. The first-order valence-corrected chi connectivity index (χ1v) is 17.1. The molecule has 4 aliphatic carbocycles. The molecule has 0 radical (unpaired) electrons. The Balaban J connectivity index is 1.18. The van der Waals surface area contributed by atoms with Crippen LogP contribution in [0.2, 0.25) is 0 Å². The summed E-state index contributed by atoms with van der Waals surface area (Å²) in [6.45, 7) is 2.54. The van der Waals surface area contributed by atoms with Crippen molar-refractivity contribution in [2.45, 2.75) is 113 Å². The van der Waals surface area contributed by atoms with Crippen LogP contribution in [0.25, 0.3) is 0 Å². The van der Waals surface area contributed by atoms with Crippen molar-refractivity contribution in [3.63, 3.8) is 0 Å². The number of aliphatic hydroxyl groups is 9. The van der Waals surface area contributed by atoms with E-state index in [0.29, 0.717) is 12.8 Å². The van der Waals surface area contributed by atoms with E-state index in [1.165, 1.54) is 0 Å². The minimum absolute atomic E-state index is 0.0467. The number of ketones is 2. The van der Waals surface area contributed by atoms with Gasteiger partial charge in [-0.25, -0.2) is 0 Å². The highest BCUT2D eigenvalue weighted by Crippen LogP contribution is 2.67. The summed E-state index contributed by atoms with van der Waals surface area (Å²) in [5.74, 6) is -3.52. The lowest BCUT2D eigenvalue weighted by molar-refractivity contribution is -0.319. The molecule has 15 nitrogen and oxygen atoms in total. The van der Waals surface area contributed by atoms with Crippen molar-refractivity contribution >= 4 is 11.6 Å². The molecule has 2 heterocycles. The average Bonchev–Trinajstić information content (AvgIpc) is 3.50. The average molecular weight is 699 g/mol. The summed E-state index contributed by atoms with van der Waals surface area (Å²) < 4.78 is 22.5. The third-order valence-electron chi connectivity index (χ3n) is 12.9. The highest BCUT2D eigenvalue weighted by molar-refractivity contribution is 6.01. The van der Waals surface area contributed by atoms with Gasteiger partial charge in [0.2, 0.25) is 5.79 Å². The van der Waals surface area contributed by atoms with Crippen LogP contribution in [-0.4, -0.2) is 150 Å². The molecule has 2 saturated heterocycles. The second-order valence-corrected chi connectivity index (χ2v) is 15.4. The van der Waals surface area contributed by atoms with E-state index in [9.17, 15) is 55.5 Å². The number of aliphatic hydroxyl groups excluding tert-OH is 8. The topological polar surface area (TPSA) is 253 Å². The number of carbonyl (C=O) groups is 2. The molecule has 6 aliphatic rings. The standard InChI is InChI=1S/C34H50O15/c1-15-8-17-18-5-7-33(45,32(18,3)10-20(39)24(17)31(2)6-4-16(38)9-19(15)31)23(40)13-46-34(14-37)29(44)28(22(12-36)49-34)48-30-27(43)26(42)25(41)21(11-35)47-30/h4,6,9,15,17-18,20-22,24-30,35-37,39,41-45H,5,7-8,10-14H2,1-3H3/t15-,17-,18-,20-,21?,22+,24+,25-,26+,27?,28?,29+,30-,31-,32-,33-,34+/m0/s1. The zero-order chi connectivity index (χ0) is 35.8. The van der Waals surface area contributed by atoms with Crippen molar-refractivity contribution in [3.05, 3.63) is 23.8 Å². The highest BCUT2D eigenvalue weighted by atomic mass is 16.8. The first-order valence-electron chi connectivity index (χ1n) is 17.1. The zero-order valence-electron chi connectivity index (χ0n) is 27.9. The van der Waals surface area contributed by atoms with Crippen LogP contribution in [0, 0.1) is 34.5 Å². The Kier molecular flexibility index (Phi) is 9.88. The zero-order valence-corrected chi connectivity index (χ0v) is 27.9. The van der Waals surface area contributed by atoms with Gasteiger partial charge in [-0.15, -0.1) is 0 Å². The predicted molar refractivity (Wildman–Crippen MR) is 165 cm³/mol. The van der Waals surface area contributed by atoms with Crippen LogP contribution < -0.4 is 0 Å². The van der Waals surface area contributed by atoms with E-state index < -0.39 is 110 Å². The molecule has 0 aromatic carbocycles. The molecule has 17 atom stereocenters. The molecule has 9 N–H and O–H groups in total. The smallest absolute Gasteiger partial charge is 0.222 e. The van der Waals surface area contributed by atoms with Crippen molar-refractivity contribution in [1.82, 2.24) is 0 Å². The minimum Gasteiger partial charge on any atom is -0.394 e. The van der Waals surface area contributed by atoms with Gasteiger partial charge in [0.1, 0.15) is 61.5 Å². The first kappa shape index (κ1) is 37.1. The molecule has 0 bridgehead atoms. The molecule has 276 valence electrons. The van der Waals surface area contributed by atoms with Gasteiger partial charge >= 0.3 is 0 Å². The number of ether oxygens (including phenoxy) is 4. The summed E-state index contributed by atoms with van der Waals surface area (Å²) in [6.07, 6.45) is -7.54. The molecule has 0 aromatic rings. The van der Waals surface area contributed by atoms with Gasteiger partial charge in [0, 0.05) is 16.7 Å². The van der Waals surface area contributed by atoms with E-state index in [4.69, 9.17) is 18.9 Å². The minimum atomic E-state index is -2.32. The van der Waals surface area contributed by atoms with E-state index in [2.05, 4.69) is 6.92 Å². The fourth-order valence-corrected chi connectivity index (χ4v) is 10.3. The van der Waals surface area contributed by atoms with Crippen LogP contribution in [0.4, 0.5) is 0 Å². The van der Waals surface area contributed by atoms with Crippen LogP contribution in [0.3, 0.4) is 0 Å². The van der Waals surface area contributed by atoms with Gasteiger partial charge in [0.15, 0.2) is 17.9 Å². The fraction of sp³-hybridized carbons (Fsp3) is 0.824. The Bertz CT molecular complexity index is 1350. The quantitative estimate of drug-likeness (QED) is 0.120. The number of hydrogen-bond acceptors (Lipinski definition) is 15. The van der Waals surface area contributed by atoms with Crippen LogP contribution in [0.15, 0.2) is 23.8 Å². The van der Waals surface area contributed by atoms with E-state index >= 15 is 0 Å². The number of rotatable bonds is 9. The molecule has 0 aromatic heterocycles. The van der Waals surface area contributed by atoms with E-state index in [-0.39, 0.29) is 42.3 Å². The van der Waals surface area contributed by atoms with Gasteiger partial charge in [0.05, 0.1) is 19.3 Å². The molecule has 5 fully saturated rings. The number of carbonyl (C=O) groups excluding carboxylic acids is 2. The molecule has 3 saturated carbocycles. The molecule has 3 unspecified atom stereocenters. The van der Waals surface area contributed by atoms with Gasteiger partial charge in [-0.3, -0.25) is 9.59 Å². The molecule has 15 heteroatoms. The number of allylic oxidation sites excluding steroid dienone is 4. The lowest BCUT2D eigenvalue weighted by Crippen LogP contribution is -2.63. The van der Waals surface area contributed by atoms with Crippen molar-refractivity contribution in [2.24, 2.45) is 34.5 Å². The monoisotopic (exact) mass is 698 g/mol. The fourth-order valence-electron chi connectivity index (χ4n) is 10.3. The predicted octanol–water partition coefficient (Wildman–Crippen LogP) is -2.55. The maximum absolute atomic E-state index is 14.0. The third kappa shape index (κ3) is 5.52. The second-order valence-electron chi connectivity index (χ2n) is 15.4. The van der Waals surface area contributed by atoms with Crippen molar-refractivity contribution < 1.29 is 74.5 Å². The van der Waals surface area contributed by atoms with Crippen LogP contribution in [-0.2, 0) is 28.5 Å². The van der Waals surface area contributed by atoms with Gasteiger partial charge in [0.25, 0.3) is 0 Å². The number of hydrogen-bond donors (Lipinski definition) is 9. The summed E-state index contributed by atoms with van der Waals surface area (Å²) in [6, 6.07) is 0. The Hall–Kier alpha value is -1.70. The summed E-state index contributed by atoms with van der Waals surface area (Å²) in [5, 5.41) is 95.7. The molecule has 49 heavy (non-hydrogen) atoms. The third-order valence-corrected chi connectivity index (χ3v) is 12.9. The van der Waals surface area contributed by atoms with Gasteiger partial charge in [-0.1, -0.05) is 32.4 Å². The molecule has 2 aliphatic heterocycles. The molecule has 0 spiro atoms. The molecule has 0 amide bonds. The summed E-state index contributed by atoms with van der Waals surface area (Å²) in [7, 11) is 0. The van der Waals surface area contributed by atoms with Crippen molar-refractivity contribution in [3.8, 4) is 0 Å². The normalized spacial score (nSPS) is 52.4. The highest BCUT2D eigenvalue weighted by Gasteiger charge is 2.69. The largest absolute Gasteiger partial charge is 0.394 e. The summed E-state index contributed by atoms with van der Waals surface area (Å²) in [5.41, 5.74) is -2.55. The second kappa shape index (κ2) is 13.1. The SMILES string of the molecule is C[C@H]1C[C@@H]2[C@H]([C@@H](O)C[C@@]3(C)[C@H]2CC[C@]3(O)C(=O)CO[C@]2(CO)O[C@H](CO)C(O[C@@H]3OC(CO)[C@H](O)[C@@H](O)C3O)[C@H]2O)[C@@]2(C)C=CC(=O)C=C12. The van der Waals surface area contributed by atoms with Gasteiger partial charge in [-0.2, -0.15) is 0 Å². The van der Waals surface area contributed by atoms with Crippen molar-refractivity contribution in [1.29, 1.82) is 0 Å². The summed E-state index contributed by atoms with van der Waals surface area (Å²) in [4.78, 5) is 26.2. The van der Waals surface area contributed by atoms with E-state index in [0.717, 1.165) is 5.57 Å². The number of fused-ring (bicyclic) bond motifs is 5. The number of Topliss-reactive ketones (excluding diaryl/α,β-unsaturated/α-hetero) is 1. The molecular formula is C34H50O15. The van der Waals surface area contributed by atoms with Crippen LogP contribution in [0.1, 0.15) is 46.5 Å². The maximum Gasteiger partial charge on any atom is 0.222 e. The molecule has 6 rings (SSSR count). The Morgan fingerprint density at radius 1 is 1.02 bits per heavy atom. The Morgan fingerprint density at radius 2 is 1.71 bits per heavy atom. The molecular weight excluding hydrogens is 648 g/mol. The maximum atomic E-state index is 14.0. The van der Waals surface area contributed by atoms with Gasteiger partial charge < -0.3 is 64.9 Å². The summed E-state index contributed by atoms with van der Waals surface area (Å²) >= 11 is 0. The Morgan fingerprint density at radius 3 is 2.37 bits per heavy atom.